The summed E-state index contributed by atoms with van der Waals surface area (Å²) < 4.78 is 54.7. The Morgan fingerprint density at radius 3 is 2.42 bits per heavy atom. The number of amides is 1. The van der Waals surface area contributed by atoms with Gasteiger partial charge in [0.2, 0.25) is 0 Å². The number of benzene rings is 2. The van der Waals surface area contributed by atoms with Crippen LogP contribution in [0.15, 0.2) is 54.6 Å². The highest BCUT2D eigenvalue weighted by atomic mass is 35.5. The number of fused-ring (bicyclic) bond motifs is 1. The zero-order chi connectivity index (χ0) is 23.9. The van der Waals surface area contributed by atoms with Gasteiger partial charge in [0, 0.05) is 23.8 Å². The van der Waals surface area contributed by atoms with Crippen LogP contribution >= 0.6 is 11.6 Å². The molecule has 4 rings (SSSR count). The average molecular weight is 480 g/mol. The number of nitro groups is 1. The monoisotopic (exact) mass is 479 g/mol. The van der Waals surface area contributed by atoms with Gasteiger partial charge in [0.05, 0.1) is 21.3 Å². The van der Waals surface area contributed by atoms with Gasteiger partial charge in [0.25, 0.3) is 11.6 Å². The zero-order valence-electron chi connectivity index (χ0n) is 16.1. The summed E-state index contributed by atoms with van der Waals surface area (Å²) in [5.74, 6) is -1.53. The number of carbonyl (C=O) groups is 1. The second-order valence-corrected chi connectivity index (χ2v) is 7.11. The molecule has 33 heavy (non-hydrogen) atoms. The van der Waals surface area contributed by atoms with Crippen molar-refractivity contribution in [1.82, 2.24) is 14.6 Å². The fourth-order valence-electron chi connectivity index (χ4n) is 2.96. The molecule has 13 heteroatoms. The average Bonchev–Trinajstić information content (AvgIpc) is 3.18. The van der Waals surface area contributed by atoms with Gasteiger partial charge in [-0.05, 0) is 36.4 Å². The molecule has 0 aliphatic carbocycles. The summed E-state index contributed by atoms with van der Waals surface area (Å²) in [5.41, 5.74) is -2.30. The predicted molar refractivity (Wildman–Crippen MR) is 109 cm³/mol. The van der Waals surface area contributed by atoms with Crippen molar-refractivity contribution in [1.29, 1.82) is 0 Å². The summed E-state index contributed by atoms with van der Waals surface area (Å²) in [5, 5.41) is 16.9. The second-order valence-electron chi connectivity index (χ2n) is 6.71. The number of hydrogen-bond acceptors (Lipinski definition) is 5. The van der Waals surface area contributed by atoms with Crippen molar-refractivity contribution in [2.24, 2.45) is 0 Å². The van der Waals surface area contributed by atoms with Crippen LogP contribution in [0.4, 0.5) is 28.9 Å². The van der Waals surface area contributed by atoms with Crippen molar-refractivity contribution in [2.75, 3.05) is 5.32 Å². The lowest BCUT2D eigenvalue weighted by molar-refractivity contribution is -0.384. The third-order valence-corrected chi connectivity index (χ3v) is 4.83. The Morgan fingerprint density at radius 1 is 1.09 bits per heavy atom. The van der Waals surface area contributed by atoms with Crippen molar-refractivity contribution in [3.63, 3.8) is 0 Å². The number of nitro benzene ring substituents is 1. The van der Waals surface area contributed by atoms with E-state index >= 15 is 0 Å². The van der Waals surface area contributed by atoms with Crippen molar-refractivity contribution in [2.45, 2.75) is 6.18 Å². The van der Waals surface area contributed by atoms with Crippen LogP contribution in [-0.2, 0) is 6.18 Å². The van der Waals surface area contributed by atoms with Crippen molar-refractivity contribution in [3.05, 3.63) is 86.9 Å². The van der Waals surface area contributed by atoms with E-state index < -0.39 is 34.2 Å². The minimum absolute atomic E-state index is 0.0228. The van der Waals surface area contributed by atoms with Crippen LogP contribution in [0.5, 0.6) is 0 Å². The highest BCUT2D eigenvalue weighted by molar-refractivity contribution is 6.34. The number of halogens is 5. The molecule has 0 aliphatic heterocycles. The van der Waals surface area contributed by atoms with Gasteiger partial charge >= 0.3 is 6.18 Å². The van der Waals surface area contributed by atoms with E-state index in [-0.39, 0.29) is 33.3 Å². The third-order valence-electron chi connectivity index (χ3n) is 4.50. The van der Waals surface area contributed by atoms with Gasteiger partial charge in [-0.25, -0.2) is 13.9 Å². The summed E-state index contributed by atoms with van der Waals surface area (Å²) in [7, 11) is 0. The molecule has 0 radical (unpaired) electrons. The largest absolute Gasteiger partial charge is 0.433 e. The molecule has 0 spiro atoms. The fraction of sp³-hybridized carbons (Fsp3) is 0.0500. The molecule has 2 aromatic carbocycles. The Kier molecular flexibility index (Phi) is 5.46. The smallest absolute Gasteiger partial charge is 0.319 e. The number of aromatic nitrogens is 3. The number of anilines is 1. The maximum atomic E-state index is 13.7. The van der Waals surface area contributed by atoms with E-state index in [9.17, 15) is 32.5 Å². The molecule has 1 N–H and O–H groups in total. The van der Waals surface area contributed by atoms with E-state index in [0.29, 0.717) is 4.52 Å². The molecular weight excluding hydrogens is 470 g/mol. The predicted octanol–water partition coefficient (Wildman–Crippen LogP) is 5.37. The summed E-state index contributed by atoms with van der Waals surface area (Å²) in [6.45, 7) is 0. The maximum absolute atomic E-state index is 13.7. The van der Waals surface area contributed by atoms with Crippen molar-refractivity contribution >= 4 is 34.5 Å². The fourth-order valence-corrected chi connectivity index (χ4v) is 3.13. The molecule has 0 atom stereocenters. The van der Waals surface area contributed by atoms with Gasteiger partial charge in [0.1, 0.15) is 5.82 Å². The second kappa shape index (κ2) is 8.13. The molecule has 0 bridgehead atoms. The Balaban J connectivity index is 1.77. The number of nitrogens with one attached hydrogen (secondary N) is 1. The van der Waals surface area contributed by atoms with Gasteiger partial charge in [-0.2, -0.15) is 18.3 Å². The first-order valence-electron chi connectivity index (χ1n) is 9.02. The summed E-state index contributed by atoms with van der Waals surface area (Å²) >= 11 is 5.95. The quantitative estimate of drug-likeness (QED) is 0.241. The van der Waals surface area contributed by atoms with E-state index in [0.717, 1.165) is 36.4 Å². The number of hydrogen-bond donors (Lipinski definition) is 1. The topological polar surface area (TPSA) is 102 Å². The van der Waals surface area contributed by atoms with Crippen molar-refractivity contribution < 1.29 is 27.3 Å². The molecule has 4 aromatic rings. The zero-order valence-corrected chi connectivity index (χ0v) is 16.9. The van der Waals surface area contributed by atoms with Crippen molar-refractivity contribution in [3.8, 4) is 11.3 Å². The van der Waals surface area contributed by atoms with Gasteiger partial charge < -0.3 is 5.32 Å². The minimum Gasteiger partial charge on any atom is -0.319 e. The number of carbonyl (C=O) groups excluding carboxylic acids is 1. The number of nitrogens with zero attached hydrogens (tertiary/aromatic N) is 4. The van der Waals surface area contributed by atoms with E-state index in [1.807, 2.05) is 0 Å². The molecule has 2 heterocycles. The summed E-state index contributed by atoms with van der Waals surface area (Å²) in [4.78, 5) is 26.9. The minimum atomic E-state index is -4.85. The normalized spacial score (nSPS) is 11.5. The molecule has 0 fully saturated rings. The summed E-state index contributed by atoms with van der Waals surface area (Å²) in [6, 6.07) is 9.75. The van der Waals surface area contributed by atoms with Crippen LogP contribution in [-0.4, -0.2) is 25.4 Å². The SMILES string of the molecule is O=C(Nc1cc([N+](=O)[O-])ccc1Cl)c1cc2nc(-c3ccc(F)cc3)cc(C(F)(F)F)n2n1. The van der Waals surface area contributed by atoms with E-state index in [4.69, 9.17) is 11.6 Å². The van der Waals surface area contributed by atoms with Crippen LogP contribution in [0.3, 0.4) is 0 Å². The molecule has 0 saturated heterocycles. The molecular formula is C20H10ClF4N5O3. The Hall–Kier alpha value is -4.06. The number of non-ortho nitro benzene ring substituents is 1. The molecule has 0 saturated carbocycles. The van der Waals surface area contributed by atoms with Crippen LogP contribution < -0.4 is 5.32 Å². The third kappa shape index (κ3) is 4.46. The van der Waals surface area contributed by atoms with Crippen LogP contribution in [0.1, 0.15) is 16.2 Å². The van der Waals surface area contributed by atoms with Crippen LogP contribution in [0.25, 0.3) is 16.9 Å². The van der Waals surface area contributed by atoms with Gasteiger partial charge in [0.15, 0.2) is 17.0 Å². The first-order chi connectivity index (χ1) is 15.5. The first kappa shape index (κ1) is 22.1. The van der Waals surface area contributed by atoms with E-state index in [1.165, 1.54) is 18.2 Å². The molecule has 2 aromatic heterocycles. The highest BCUT2D eigenvalue weighted by Crippen LogP contribution is 2.33. The van der Waals surface area contributed by atoms with E-state index in [1.54, 1.807) is 0 Å². The molecule has 0 aliphatic rings. The van der Waals surface area contributed by atoms with E-state index in [2.05, 4.69) is 15.4 Å². The lowest BCUT2D eigenvalue weighted by Gasteiger charge is -2.11. The standard InChI is InChI=1S/C20H10ClF4N5O3/c21-13-6-5-12(30(32)33)7-15(13)27-19(31)16-9-18-26-14(10-1-3-11(22)4-2-10)8-17(20(23,24)25)29(18)28-16/h1-9H,(H,27,31). The van der Waals surface area contributed by atoms with Gasteiger partial charge in [-0.3, -0.25) is 14.9 Å². The number of alkyl halides is 3. The lowest BCUT2D eigenvalue weighted by atomic mass is 10.1. The van der Waals surface area contributed by atoms with Gasteiger partial charge in [-0.1, -0.05) is 11.6 Å². The highest BCUT2D eigenvalue weighted by Gasteiger charge is 2.35. The van der Waals surface area contributed by atoms with Crippen LogP contribution in [0, 0.1) is 15.9 Å². The lowest BCUT2D eigenvalue weighted by Crippen LogP contribution is -2.16. The maximum Gasteiger partial charge on any atom is 0.433 e. The number of rotatable bonds is 4. The Labute approximate surface area is 186 Å². The molecule has 8 nitrogen and oxygen atoms in total. The van der Waals surface area contributed by atoms with Gasteiger partial charge in [-0.15, -0.1) is 0 Å². The Bertz CT molecular complexity index is 1400. The molecule has 168 valence electrons. The van der Waals surface area contributed by atoms with Crippen LogP contribution in [0.2, 0.25) is 5.02 Å². The Morgan fingerprint density at radius 2 is 1.79 bits per heavy atom. The molecule has 1 amide bonds. The first-order valence-corrected chi connectivity index (χ1v) is 9.40. The summed E-state index contributed by atoms with van der Waals surface area (Å²) in [6.07, 6.45) is -4.85. The molecule has 0 unspecified atom stereocenters.